The maximum Gasteiger partial charge on any atom is 0.317 e. The van der Waals surface area contributed by atoms with Crippen LogP contribution in [0, 0.1) is 0 Å². The topological polar surface area (TPSA) is 48.5 Å². The first kappa shape index (κ1) is 12.2. The van der Waals surface area contributed by atoms with Gasteiger partial charge in [0.1, 0.15) is 5.82 Å². The zero-order valence-corrected chi connectivity index (χ0v) is 11.3. The third-order valence-electron chi connectivity index (χ3n) is 2.82. The summed E-state index contributed by atoms with van der Waals surface area (Å²) in [6.07, 6.45) is 1.79. The molecule has 1 aliphatic rings. The van der Waals surface area contributed by atoms with E-state index in [1.54, 1.807) is 13.2 Å². The smallest absolute Gasteiger partial charge is 0.317 e. The van der Waals surface area contributed by atoms with E-state index >= 15 is 0 Å². The number of hydrogen-bond donors (Lipinski definition) is 1. The highest BCUT2D eigenvalue weighted by Crippen LogP contribution is 2.16. The summed E-state index contributed by atoms with van der Waals surface area (Å²) in [6.45, 7) is 3.11. The number of nitrogens with zero attached hydrogens (tertiary/aromatic N) is 3. The molecule has 0 atom stereocenters. The van der Waals surface area contributed by atoms with Crippen LogP contribution in [0.3, 0.4) is 0 Å². The lowest BCUT2D eigenvalue weighted by Gasteiger charge is -2.35. The Hall–Kier alpha value is -1.30. The predicted octanol–water partition coefficient (Wildman–Crippen LogP) is 1.31. The van der Waals surface area contributed by atoms with Gasteiger partial charge in [0, 0.05) is 43.9 Å². The fourth-order valence-corrected chi connectivity index (χ4v) is 2.09. The normalized spacial score (nSPS) is 15.9. The molecule has 1 saturated heterocycles. The number of hydrogen-bond acceptors (Lipinski definition) is 3. The molecule has 1 fully saturated rings. The second-order valence-corrected chi connectivity index (χ2v) is 4.78. The Morgan fingerprint density at radius 3 is 2.59 bits per heavy atom. The average molecular weight is 299 g/mol. The lowest BCUT2D eigenvalue weighted by atomic mass is 10.3. The summed E-state index contributed by atoms with van der Waals surface area (Å²) in [4.78, 5) is 19.8. The molecule has 0 aromatic carbocycles. The second-order valence-electron chi connectivity index (χ2n) is 3.86. The van der Waals surface area contributed by atoms with Crippen LogP contribution in [0.1, 0.15) is 0 Å². The number of carbonyl (C=O) groups excluding carboxylic acids is 1. The van der Waals surface area contributed by atoms with Gasteiger partial charge in [0.2, 0.25) is 0 Å². The highest BCUT2D eigenvalue weighted by atomic mass is 79.9. The molecular formula is C11H15BrN4O. The number of carbonyl (C=O) groups is 1. The van der Waals surface area contributed by atoms with Gasteiger partial charge in [-0.2, -0.15) is 0 Å². The summed E-state index contributed by atoms with van der Waals surface area (Å²) in [5.74, 6) is 0.963. The van der Waals surface area contributed by atoms with E-state index in [0.29, 0.717) is 0 Å². The molecule has 0 aliphatic carbocycles. The van der Waals surface area contributed by atoms with Crippen LogP contribution in [0.25, 0.3) is 0 Å². The van der Waals surface area contributed by atoms with Gasteiger partial charge in [-0.3, -0.25) is 0 Å². The standard InChI is InChI=1S/C11H15BrN4O/c1-13-11(17)16-6-4-15(5-7-16)10-3-2-9(12)8-14-10/h2-3,8H,4-7H2,1H3,(H,13,17). The Morgan fingerprint density at radius 2 is 2.06 bits per heavy atom. The fraction of sp³-hybridized carbons (Fsp3) is 0.455. The number of anilines is 1. The maximum atomic E-state index is 11.4. The molecule has 0 saturated carbocycles. The lowest BCUT2D eigenvalue weighted by molar-refractivity contribution is 0.196. The van der Waals surface area contributed by atoms with Crippen LogP contribution in [0.4, 0.5) is 10.6 Å². The van der Waals surface area contributed by atoms with E-state index < -0.39 is 0 Å². The van der Waals surface area contributed by atoms with Crippen molar-refractivity contribution >= 4 is 27.8 Å². The van der Waals surface area contributed by atoms with E-state index in [0.717, 1.165) is 36.5 Å². The SMILES string of the molecule is CNC(=O)N1CCN(c2ccc(Br)cn2)CC1. The Labute approximate surface area is 109 Å². The highest BCUT2D eigenvalue weighted by molar-refractivity contribution is 9.10. The van der Waals surface area contributed by atoms with E-state index in [9.17, 15) is 4.79 Å². The van der Waals surface area contributed by atoms with E-state index in [1.807, 2.05) is 17.0 Å². The van der Waals surface area contributed by atoms with Crippen molar-refractivity contribution in [1.29, 1.82) is 0 Å². The van der Waals surface area contributed by atoms with Gasteiger partial charge in [-0.25, -0.2) is 9.78 Å². The Balaban J connectivity index is 1.95. The molecule has 2 heterocycles. The van der Waals surface area contributed by atoms with Gasteiger partial charge in [-0.15, -0.1) is 0 Å². The summed E-state index contributed by atoms with van der Waals surface area (Å²) >= 11 is 3.37. The van der Waals surface area contributed by atoms with Crippen molar-refractivity contribution in [1.82, 2.24) is 15.2 Å². The Kier molecular flexibility index (Phi) is 3.83. The number of urea groups is 1. The lowest BCUT2D eigenvalue weighted by Crippen LogP contribution is -2.51. The van der Waals surface area contributed by atoms with Gasteiger partial charge < -0.3 is 15.1 Å². The van der Waals surface area contributed by atoms with Gasteiger partial charge in [-0.1, -0.05) is 0 Å². The third kappa shape index (κ3) is 2.88. The quantitative estimate of drug-likeness (QED) is 0.850. The largest absolute Gasteiger partial charge is 0.353 e. The monoisotopic (exact) mass is 298 g/mol. The van der Waals surface area contributed by atoms with Crippen LogP contribution in [0.5, 0.6) is 0 Å². The first-order chi connectivity index (χ1) is 8.20. The van der Waals surface area contributed by atoms with Gasteiger partial charge >= 0.3 is 6.03 Å². The molecule has 6 heteroatoms. The third-order valence-corrected chi connectivity index (χ3v) is 3.29. The van der Waals surface area contributed by atoms with Crippen molar-refractivity contribution in [3.8, 4) is 0 Å². The summed E-state index contributed by atoms with van der Waals surface area (Å²) in [5, 5.41) is 2.64. The number of rotatable bonds is 1. The molecule has 5 nitrogen and oxygen atoms in total. The van der Waals surface area contributed by atoms with E-state index in [4.69, 9.17) is 0 Å². The molecule has 0 spiro atoms. The van der Waals surface area contributed by atoms with Gasteiger partial charge in [0.15, 0.2) is 0 Å². The molecule has 2 rings (SSSR count). The summed E-state index contributed by atoms with van der Waals surface area (Å²) in [5.41, 5.74) is 0. The van der Waals surface area contributed by atoms with Gasteiger partial charge in [0.05, 0.1) is 0 Å². The van der Waals surface area contributed by atoms with Crippen molar-refractivity contribution in [2.24, 2.45) is 0 Å². The number of nitrogens with one attached hydrogen (secondary N) is 1. The molecular weight excluding hydrogens is 284 g/mol. The van der Waals surface area contributed by atoms with Crippen LogP contribution in [-0.4, -0.2) is 49.1 Å². The molecule has 1 N–H and O–H groups in total. The van der Waals surface area contributed by atoms with Crippen LogP contribution >= 0.6 is 15.9 Å². The van der Waals surface area contributed by atoms with Gasteiger partial charge in [0.25, 0.3) is 0 Å². The molecule has 1 aromatic rings. The predicted molar refractivity (Wildman–Crippen MR) is 70.2 cm³/mol. The number of halogens is 1. The van der Waals surface area contributed by atoms with Crippen molar-refractivity contribution < 1.29 is 4.79 Å². The summed E-state index contributed by atoms with van der Waals surface area (Å²) in [6, 6.07) is 3.96. The molecule has 0 bridgehead atoms. The second kappa shape index (κ2) is 5.35. The molecule has 17 heavy (non-hydrogen) atoms. The first-order valence-corrected chi connectivity index (χ1v) is 6.33. The number of amides is 2. The minimum Gasteiger partial charge on any atom is -0.353 e. The van der Waals surface area contributed by atoms with Crippen LogP contribution in [0.15, 0.2) is 22.8 Å². The average Bonchev–Trinajstić information content (AvgIpc) is 2.39. The summed E-state index contributed by atoms with van der Waals surface area (Å²) < 4.78 is 0.977. The Bertz CT molecular complexity index is 387. The van der Waals surface area contributed by atoms with E-state index in [2.05, 4.69) is 31.1 Å². The van der Waals surface area contributed by atoms with Crippen molar-refractivity contribution in [3.05, 3.63) is 22.8 Å². The number of aromatic nitrogens is 1. The molecule has 0 radical (unpaired) electrons. The van der Waals surface area contributed by atoms with Crippen LogP contribution < -0.4 is 10.2 Å². The fourth-order valence-electron chi connectivity index (χ4n) is 1.85. The zero-order chi connectivity index (χ0) is 12.3. The molecule has 92 valence electrons. The van der Waals surface area contributed by atoms with Crippen LogP contribution in [0.2, 0.25) is 0 Å². The summed E-state index contributed by atoms with van der Waals surface area (Å²) in [7, 11) is 1.66. The van der Waals surface area contributed by atoms with Gasteiger partial charge in [-0.05, 0) is 28.1 Å². The number of pyridine rings is 1. The highest BCUT2D eigenvalue weighted by Gasteiger charge is 2.20. The first-order valence-electron chi connectivity index (χ1n) is 5.54. The van der Waals surface area contributed by atoms with Crippen molar-refractivity contribution in [2.75, 3.05) is 38.1 Å². The van der Waals surface area contributed by atoms with Crippen LogP contribution in [-0.2, 0) is 0 Å². The molecule has 1 aliphatic heterocycles. The number of piperazine rings is 1. The van der Waals surface area contributed by atoms with E-state index in [1.165, 1.54) is 0 Å². The van der Waals surface area contributed by atoms with E-state index in [-0.39, 0.29) is 6.03 Å². The minimum absolute atomic E-state index is 0.00610. The Morgan fingerprint density at radius 1 is 1.35 bits per heavy atom. The van der Waals surface area contributed by atoms with Crippen molar-refractivity contribution in [3.63, 3.8) is 0 Å². The minimum atomic E-state index is -0.00610. The molecule has 2 amide bonds. The zero-order valence-electron chi connectivity index (χ0n) is 9.69. The maximum absolute atomic E-state index is 11.4. The molecule has 0 unspecified atom stereocenters. The molecule has 1 aromatic heterocycles. The van der Waals surface area contributed by atoms with Crippen molar-refractivity contribution in [2.45, 2.75) is 0 Å².